The first-order valence-corrected chi connectivity index (χ1v) is 11.3. The molecule has 0 saturated carbocycles. The van der Waals surface area contributed by atoms with Crippen molar-refractivity contribution in [3.63, 3.8) is 0 Å². The molecule has 1 fully saturated rings. The van der Waals surface area contributed by atoms with Gasteiger partial charge >= 0.3 is 0 Å². The Balaban J connectivity index is 1.66. The molecule has 1 aromatic heterocycles. The van der Waals surface area contributed by atoms with Crippen molar-refractivity contribution in [2.24, 2.45) is 5.92 Å². The highest BCUT2D eigenvalue weighted by Gasteiger charge is 2.31. The summed E-state index contributed by atoms with van der Waals surface area (Å²) in [6.45, 7) is 8.36. The Morgan fingerprint density at radius 1 is 1.29 bits per heavy atom. The van der Waals surface area contributed by atoms with Gasteiger partial charge in [0.05, 0.1) is 5.02 Å². The second-order valence-electron chi connectivity index (χ2n) is 7.97. The number of ether oxygens (including phenoxy) is 1. The van der Waals surface area contributed by atoms with Crippen LogP contribution < -0.4 is 9.64 Å². The second-order valence-corrected chi connectivity index (χ2v) is 8.37. The van der Waals surface area contributed by atoms with Crippen LogP contribution in [0, 0.1) is 11.7 Å². The molecule has 6 nitrogen and oxygen atoms in total. The summed E-state index contributed by atoms with van der Waals surface area (Å²) in [6.07, 6.45) is 5.46. The maximum Gasteiger partial charge on any atom is 0.226 e. The summed E-state index contributed by atoms with van der Waals surface area (Å²) in [7, 11) is 0. The average molecular weight is 449 g/mol. The first kappa shape index (κ1) is 23.3. The van der Waals surface area contributed by atoms with Crippen molar-refractivity contribution in [1.29, 1.82) is 0 Å². The molecule has 3 rings (SSSR count). The molecule has 1 aliphatic rings. The molecule has 1 amide bonds. The molecule has 0 spiro atoms. The maximum absolute atomic E-state index is 13.3. The number of anilines is 1. The van der Waals surface area contributed by atoms with Gasteiger partial charge in [-0.25, -0.2) is 14.4 Å². The Labute approximate surface area is 188 Å². The zero-order chi connectivity index (χ0) is 22.4. The third kappa shape index (κ3) is 5.85. The van der Waals surface area contributed by atoms with Crippen molar-refractivity contribution in [3.8, 4) is 11.6 Å². The van der Waals surface area contributed by atoms with Crippen LogP contribution in [0.4, 0.5) is 10.2 Å². The van der Waals surface area contributed by atoms with E-state index in [2.05, 4.69) is 35.6 Å². The van der Waals surface area contributed by atoms with E-state index in [1.165, 1.54) is 24.5 Å². The van der Waals surface area contributed by atoms with Gasteiger partial charge in [-0.15, -0.1) is 0 Å². The van der Waals surface area contributed by atoms with E-state index in [1.807, 2.05) is 4.90 Å². The lowest BCUT2D eigenvalue weighted by molar-refractivity contribution is -0.138. The largest absolute Gasteiger partial charge is 0.437 e. The third-order valence-corrected chi connectivity index (χ3v) is 6.01. The van der Waals surface area contributed by atoms with Gasteiger partial charge in [-0.3, -0.25) is 4.79 Å². The summed E-state index contributed by atoms with van der Waals surface area (Å²) < 4.78 is 19.0. The summed E-state index contributed by atoms with van der Waals surface area (Å²) in [5.41, 5.74) is 0. The molecule has 0 radical (unpaired) electrons. The lowest BCUT2D eigenvalue weighted by Gasteiger charge is -2.41. The summed E-state index contributed by atoms with van der Waals surface area (Å²) in [5.74, 6) is 1.32. The van der Waals surface area contributed by atoms with Crippen molar-refractivity contribution < 1.29 is 13.9 Å². The van der Waals surface area contributed by atoms with Gasteiger partial charge in [-0.05, 0) is 38.0 Å². The van der Waals surface area contributed by atoms with E-state index in [0.717, 1.165) is 31.5 Å². The van der Waals surface area contributed by atoms with E-state index in [4.69, 9.17) is 16.3 Å². The van der Waals surface area contributed by atoms with Crippen molar-refractivity contribution >= 4 is 23.3 Å². The molecule has 2 heterocycles. The van der Waals surface area contributed by atoms with Crippen LogP contribution in [0.1, 0.15) is 46.5 Å². The van der Waals surface area contributed by atoms with Gasteiger partial charge in [0, 0.05) is 37.7 Å². The Hall–Kier alpha value is -2.41. The zero-order valence-electron chi connectivity index (χ0n) is 18.4. The number of aromatic nitrogens is 2. The smallest absolute Gasteiger partial charge is 0.226 e. The number of halogens is 2. The van der Waals surface area contributed by atoms with Gasteiger partial charge in [0.15, 0.2) is 0 Å². The van der Waals surface area contributed by atoms with E-state index < -0.39 is 5.82 Å². The van der Waals surface area contributed by atoms with Crippen LogP contribution in [0.2, 0.25) is 5.02 Å². The molecule has 1 saturated heterocycles. The van der Waals surface area contributed by atoms with E-state index in [0.29, 0.717) is 31.3 Å². The number of amides is 1. The quantitative estimate of drug-likeness (QED) is 0.547. The van der Waals surface area contributed by atoms with Gasteiger partial charge in [-0.2, -0.15) is 0 Å². The minimum Gasteiger partial charge on any atom is -0.437 e. The number of carbonyl (C=O) groups is 1. The predicted octanol–water partition coefficient (Wildman–Crippen LogP) is 5.31. The fourth-order valence-electron chi connectivity index (χ4n) is 3.91. The van der Waals surface area contributed by atoms with Crippen LogP contribution in [-0.4, -0.2) is 46.5 Å². The maximum atomic E-state index is 13.3. The number of unbranched alkanes of at least 4 members (excludes halogenated alkanes) is 1. The van der Waals surface area contributed by atoms with Crippen LogP contribution in [0.25, 0.3) is 0 Å². The number of benzene rings is 1. The first-order valence-electron chi connectivity index (χ1n) is 10.9. The molecule has 0 bridgehead atoms. The van der Waals surface area contributed by atoms with E-state index in [1.54, 1.807) is 6.07 Å². The SMILES string of the molecule is CCCC[C@H](CC)C(=O)N1CCN(c2cc(Oc3ccc(F)cc3Cl)ncn2)C[C@@H]1C. The standard InChI is InChI=1S/C23H30ClFN4O2/c1-4-6-7-17(5-2)23(30)29-11-10-28(14-16(29)3)21-13-22(27-15-26-21)31-20-9-8-18(25)12-19(20)24/h8-9,12-13,15-17H,4-7,10-11,14H2,1-3H3/t16-,17-/m0/s1. The molecule has 1 aliphatic heterocycles. The van der Waals surface area contributed by atoms with Crippen LogP contribution in [-0.2, 0) is 4.79 Å². The van der Waals surface area contributed by atoms with Crippen LogP contribution in [0.5, 0.6) is 11.6 Å². The lowest BCUT2D eigenvalue weighted by atomic mass is 9.96. The highest BCUT2D eigenvalue weighted by Crippen LogP contribution is 2.30. The minimum absolute atomic E-state index is 0.0859. The van der Waals surface area contributed by atoms with E-state index in [9.17, 15) is 9.18 Å². The first-order chi connectivity index (χ1) is 14.9. The molecule has 0 aliphatic carbocycles. The van der Waals surface area contributed by atoms with Crippen LogP contribution in [0.15, 0.2) is 30.6 Å². The molecular formula is C23H30ClFN4O2. The molecule has 1 aromatic carbocycles. The molecule has 0 unspecified atom stereocenters. The third-order valence-electron chi connectivity index (χ3n) is 5.72. The summed E-state index contributed by atoms with van der Waals surface area (Å²) in [4.78, 5) is 25.7. The van der Waals surface area contributed by atoms with Gasteiger partial charge < -0.3 is 14.5 Å². The number of rotatable bonds is 8. The number of carbonyl (C=O) groups excluding carboxylic acids is 1. The van der Waals surface area contributed by atoms with Crippen molar-refractivity contribution in [1.82, 2.24) is 14.9 Å². The molecule has 31 heavy (non-hydrogen) atoms. The lowest BCUT2D eigenvalue weighted by Crippen LogP contribution is -2.55. The number of hydrogen-bond donors (Lipinski definition) is 0. The van der Waals surface area contributed by atoms with Gasteiger partial charge in [0.25, 0.3) is 0 Å². The molecule has 2 atom stereocenters. The van der Waals surface area contributed by atoms with Gasteiger partial charge in [-0.1, -0.05) is 38.3 Å². The Bertz CT molecular complexity index is 898. The Kier molecular flexibility index (Phi) is 8.07. The van der Waals surface area contributed by atoms with Crippen molar-refractivity contribution in [3.05, 3.63) is 41.4 Å². The van der Waals surface area contributed by atoms with Crippen LogP contribution in [0.3, 0.4) is 0 Å². The molecule has 0 N–H and O–H groups in total. The van der Waals surface area contributed by atoms with Crippen LogP contribution >= 0.6 is 11.6 Å². The Morgan fingerprint density at radius 2 is 2.10 bits per heavy atom. The number of hydrogen-bond acceptors (Lipinski definition) is 5. The summed E-state index contributed by atoms with van der Waals surface area (Å²) in [5, 5.41) is 0.175. The fourth-order valence-corrected chi connectivity index (χ4v) is 4.12. The molecule has 2 aromatic rings. The molecule has 168 valence electrons. The summed E-state index contributed by atoms with van der Waals surface area (Å²) >= 11 is 6.05. The van der Waals surface area contributed by atoms with Crippen molar-refractivity contribution in [2.75, 3.05) is 24.5 Å². The monoisotopic (exact) mass is 448 g/mol. The highest BCUT2D eigenvalue weighted by molar-refractivity contribution is 6.32. The van der Waals surface area contributed by atoms with E-state index in [-0.39, 0.29) is 22.9 Å². The van der Waals surface area contributed by atoms with Crippen molar-refractivity contribution in [2.45, 2.75) is 52.5 Å². The Morgan fingerprint density at radius 3 is 2.77 bits per heavy atom. The predicted molar refractivity (Wildman–Crippen MR) is 120 cm³/mol. The topological polar surface area (TPSA) is 58.6 Å². The fraction of sp³-hybridized carbons (Fsp3) is 0.522. The zero-order valence-corrected chi connectivity index (χ0v) is 19.1. The molecular weight excluding hydrogens is 419 g/mol. The average Bonchev–Trinajstić information content (AvgIpc) is 2.76. The second kappa shape index (κ2) is 10.8. The number of piperazine rings is 1. The van der Waals surface area contributed by atoms with Gasteiger partial charge in [0.1, 0.15) is 23.7 Å². The highest BCUT2D eigenvalue weighted by atomic mass is 35.5. The minimum atomic E-state index is -0.429. The molecule has 8 heteroatoms. The normalized spacial score (nSPS) is 17.5. The summed E-state index contributed by atoms with van der Waals surface area (Å²) in [6, 6.07) is 5.77. The number of nitrogens with zero attached hydrogens (tertiary/aromatic N) is 4. The van der Waals surface area contributed by atoms with E-state index >= 15 is 0 Å². The van der Waals surface area contributed by atoms with Gasteiger partial charge in [0.2, 0.25) is 11.8 Å².